The second-order valence-corrected chi connectivity index (χ2v) is 5.29. The molecular weight excluding hydrogens is 260 g/mol. The molecule has 0 bridgehead atoms. The highest BCUT2D eigenvalue weighted by atomic mass is 16.1. The zero-order valence-corrected chi connectivity index (χ0v) is 11.8. The van der Waals surface area contributed by atoms with Crippen LogP contribution in [0.25, 0.3) is 10.8 Å². The topological polar surface area (TPSA) is 56.0 Å². The Bertz CT molecular complexity index is 798. The molecule has 1 aromatic heterocycles. The first-order valence-corrected chi connectivity index (χ1v) is 6.82. The number of nitrogens with zero attached hydrogens (tertiary/aromatic N) is 1. The molecule has 0 aliphatic carbocycles. The van der Waals surface area contributed by atoms with Crippen LogP contribution in [-0.4, -0.2) is 10.9 Å². The molecule has 2 aromatic carbocycles. The first-order valence-electron chi connectivity index (χ1n) is 6.82. The summed E-state index contributed by atoms with van der Waals surface area (Å²) in [4.78, 5) is 16.3. The Balaban J connectivity index is 2.22. The second kappa shape index (κ2) is 5.02. The van der Waals surface area contributed by atoms with Crippen molar-refractivity contribution in [1.29, 1.82) is 0 Å². The first kappa shape index (κ1) is 13.3. The molecule has 3 rings (SSSR count). The van der Waals surface area contributed by atoms with Crippen LogP contribution in [0.15, 0.2) is 67.0 Å². The SMILES string of the molecule is CC(C(N)=O)(c1ccccc1)c1ccc2cnccc2c1. The van der Waals surface area contributed by atoms with Gasteiger partial charge >= 0.3 is 0 Å². The molecular formula is C18H16N2O. The predicted octanol–water partition coefficient (Wildman–Crippen LogP) is 3.03. The average molecular weight is 276 g/mol. The summed E-state index contributed by atoms with van der Waals surface area (Å²) in [5, 5.41) is 2.09. The lowest BCUT2D eigenvalue weighted by molar-refractivity contribution is -0.121. The molecule has 1 unspecified atom stereocenters. The number of carbonyl (C=O) groups is 1. The van der Waals surface area contributed by atoms with Crippen LogP contribution >= 0.6 is 0 Å². The molecule has 0 saturated carbocycles. The third kappa shape index (κ3) is 2.17. The van der Waals surface area contributed by atoms with Gasteiger partial charge in [0.2, 0.25) is 5.91 Å². The summed E-state index contributed by atoms with van der Waals surface area (Å²) >= 11 is 0. The van der Waals surface area contributed by atoms with Crippen LogP contribution in [0.5, 0.6) is 0 Å². The van der Waals surface area contributed by atoms with Crippen molar-refractivity contribution in [3.63, 3.8) is 0 Å². The van der Waals surface area contributed by atoms with Crippen molar-refractivity contribution in [1.82, 2.24) is 4.98 Å². The van der Waals surface area contributed by atoms with Gasteiger partial charge in [-0.1, -0.05) is 42.5 Å². The predicted molar refractivity (Wildman–Crippen MR) is 83.8 cm³/mol. The minimum absolute atomic E-state index is 0.359. The molecule has 1 amide bonds. The maximum atomic E-state index is 12.2. The van der Waals surface area contributed by atoms with Crippen LogP contribution in [0, 0.1) is 0 Å². The average Bonchev–Trinajstić information content (AvgIpc) is 2.54. The number of primary amides is 1. The molecule has 0 radical (unpaired) electrons. The summed E-state index contributed by atoms with van der Waals surface area (Å²) < 4.78 is 0. The molecule has 0 saturated heterocycles. The quantitative estimate of drug-likeness (QED) is 0.799. The lowest BCUT2D eigenvalue weighted by Gasteiger charge is -2.27. The smallest absolute Gasteiger partial charge is 0.232 e. The zero-order chi connectivity index (χ0) is 14.9. The van der Waals surface area contributed by atoms with E-state index in [1.165, 1.54) is 0 Å². The van der Waals surface area contributed by atoms with Gasteiger partial charge in [-0.25, -0.2) is 0 Å². The standard InChI is InChI=1S/C18H16N2O/c1-18(17(19)21,15-5-3-2-4-6-15)16-8-7-14-12-20-10-9-13(14)11-16/h2-12H,1H3,(H2,19,21). The van der Waals surface area contributed by atoms with E-state index in [2.05, 4.69) is 4.98 Å². The highest BCUT2D eigenvalue weighted by Gasteiger charge is 2.35. The Morgan fingerprint density at radius 2 is 1.76 bits per heavy atom. The largest absolute Gasteiger partial charge is 0.369 e. The number of nitrogens with two attached hydrogens (primary N) is 1. The van der Waals surface area contributed by atoms with E-state index in [0.717, 1.165) is 21.9 Å². The lowest BCUT2D eigenvalue weighted by Crippen LogP contribution is -2.39. The second-order valence-electron chi connectivity index (χ2n) is 5.29. The maximum Gasteiger partial charge on any atom is 0.232 e. The molecule has 0 aliphatic rings. The van der Waals surface area contributed by atoms with Crippen LogP contribution in [-0.2, 0) is 10.2 Å². The van der Waals surface area contributed by atoms with Gasteiger partial charge in [-0.15, -0.1) is 0 Å². The third-order valence-corrected chi connectivity index (χ3v) is 4.06. The third-order valence-electron chi connectivity index (χ3n) is 4.06. The minimum atomic E-state index is -0.848. The fourth-order valence-corrected chi connectivity index (χ4v) is 2.62. The number of benzene rings is 2. The molecule has 0 spiro atoms. The van der Waals surface area contributed by atoms with Crippen molar-refractivity contribution in [2.45, 2.75) is 12.3 Å². The van der Waals surface area contributed by atoms with Crippen molar-refractivity contribution in [2.75, 3.05) is 0 Å². The number of aromatic nitrogens is 1. The molecule has 104 valence electrons. The van der Waals surface area contributed by atoms with Crippen molar-refractivity contribution >= 4 is 16.7 Å². The summed E-state index contributed by atoms with van der Waals surface area (Å²) in [6.07, 6.45) is 3.56. The number of pyridine rings is 1. The summed E-state index contributed by atoms with van der Waals surface area (Å²) in [7, 11) is 0. The Morgan fingerprint density at radius 3 is 2.48 bits per heavy atom. The van der Waals surface area contributed by atoms with E-state index in [1.807, 2.05) is 67.7 Å². The monoisotopic (exact) mass is 276 g/mol. The Hall–Kier alpha value is -2.68. The normalized spacial score (nSPS) is 13.8. The number of hydrogen-bond acceptors (Lipinski definition) is 2. The van der Waals surface area contributed by atoms with E-state index in [4.69, 9.17) is 5.73 Å². The van der Waals surface area contributed by atoms with Gasteiger partial charge in [-0.05, 0) is 35.6 Å². The van der Waals surface area contributed by atoms with Gasteiger partial charge in [0.15, 0.2) is 0 Å². The van der Waals surface area contributed by atoms with Crippen LogP contribution in [0.1, 0.15) is 18.1 Å². The maximum absolute atomic E-state index is 12.2. The van der Waals surface area contributed by atoms with E-state index in [0.29, 0.717) is 0 Å². The zero-order valence-electron chi connectivity index (χ0n) is 11.8. The molecule has 1 heterocycles. The van der Waals surface area contributed by atoms with Gasteiger partial charge in [-0.3, -0.25) is 9.78 Å². The number of fused-ring (bicyclic) bond motifs is 1. The summed E-state index contributed by atoms with van der Waals surface area (Å²) in [5.74, 6) is -0.359. The van der Waals surface area contributed by atoms with E-state index in [-0.39, 0.29) is 5.91 Å². The van der Waals surface area contributed by atoms with E-state index in [9.17, 15) is 4.79 Å². The van der Waals surface area contributed by atoms with Crippen molar-refractivity contribution in [2.24, 2.45) is 5.73 Å². The molecule has 3 aromatic rings. The summed E-state index contributed by atoms with van der Waals surface area (Å²) in [6, 6.07) is 17.5. The van der Waals surface area contributed by atoms with Crippen LogP contribution in [0.4, 0.5) is 0 Å². The molecule has 0 aliphatic heterocycles. The number of hydrogen-bond donors (Lipinski definition) is 1. The molecule has 21 heavy (non-hydrogen) atoms. The van der Waals surface area contributed by atoms with Gasteiger partial charge < -0.3 is 5.73 Å². The fourth-order valence-electron chi connectivity index (χ4n) is 2.62. The van der Waals surface area contributed by atoms with Gasteiger partial charge in [0, 0.05) is 17.8 Å². The lowest BCUT2D eigenvalue weighted by atomic mass is 9.75. The highest BCUT2D eigenvalue weighted by Crippen LogP contribution is 2.33. The van der Waals surface area contributed by atoms with Crippen molar-refractivity contribution in [3.05, 3.63) is 78.1 Å². The fraction of sp³-hybridized carbons (Fsp3) is 0.111. The number of rotatable bonds is 3. The first-order chi connectivity index (χ1) is 10.1. The molecule has 1 atom stereocenters. The van der Waals surface area contributed by atoms with Crippen LogP contribution < -0.4 is 5.73 Å². The van der Waals surface area contributed by atoms with Crippen LogP contribution in [0.3, 0.4) is 0 Å². The van der Waals surface area contributed by atoms with Gasteiger partial charge in [0.05, 0.1) is 5.41 Å². The van der Waals surface area contributed by atoms with E-state index in [1.54, 1.807) is 6.20 Å². The Labute approximate surface area is 123 Å². The van der Waals surface area contributed by atoms with Crippen LogP contribution in [0.2, 0.25) is 0 Å². The molecule has 3 heteroatoms. The number of amides is 1. The highest BCUT2D eigenvalue weighted by molar-refractivity contribution is 5.92. The molecule has 0 fully saturated rings. The van der Waals surface area contributed by atoms with Gasteiger partial charge in [0.1, 0.15) is 0 Å². The number of carbonyl (C=O) groups excluding carboxylic acids is 1. The minimum Gasteiger partial charge on any atom is -0.369 e. The van der Waals surface area contributed by atoms with Gasteiger partial charge in [0.25, 0.3) is 0 Å². The summed E-state index contributed by atoms with van der Waals surface area (Å²) in [6.45, 7) is 1.87. The summed E-state index contributed by atoms with van der Waals surface area (Å²) in [5.41, 5.74) is 6.66. The van der Waals surface area contributed by atoms with Gasteiger partial charge in [-0.2, -0.15) is 0 Å². The molecule has 3 nitrogen and oxygen atoms in total. The van der Waals surface area contributed by atoms with E-state index < -0.39 is 5.41 Å². The Kier molecular flexibility index (Phi) is 3.18. The van der Waals surface area contributed by atoms with E-state index >= 15 is 0 Å². The Morgan fingerprint density at radius 1 is 1.00 bits per heavy atom. The molecule has 2 N–H and O–H groups in total. The van der Waals surface area contributed by atoms with Crippen molar-refractivity contribution in [3.8, 4) is 0 Å². The van der Waals surface area contributed by atoms with Crippen molar-refractivity contribution < 1.29 is 4.79 Å².